The highest BCUT2D eigenvalue weighted by molar-refractivity contribution is 6.21. The van der Waals surface area contributed by atoms with Gasteiger partial charge in [0.1, 0.15) is 11.6 Å². The average molecular weight is 719 g/mol. The number of hydrogen-bond donors (Lipinski definition) is 0. The molecule has 0 aliphatic heterocycles. The Hall–Kier alpha value is -7.84. The molecular formula is C48H30N8. The molecule has 11 rings (SSSR count). The molecule has 0 N–H and O–H groups in total. The average Bonchev–Trinajstić information content (AvgIpc) is 3.86. The van der Waals surface area contributed by atoms with Crippen molar-refractivity contribution >= 4 is 43.6 Å². The Labute approximate surface area is 321 Å². The molecule has 0 radical (unpaired) electrons. The van der Waals surface area contributed by atoms with Crippen molar-refractivity contribution in [1.29, 1.82) is 0 Å². The van der Waals surface area contributed by atoms with Crippen molar-refractivity contribution in [1.82, 2.24) is 39.0 Å². The van der Waals surface area contributed by atoms with Crippen LogP contribution in [0, 0.1) is 0 Å². The van der Waals surface area contributed by atoms with Gasteiger partial charge in [-0.3, -0.25) is 9.13 Å². The van der Waals surface area contributed by atoms with E-state index in [2.05, 4.69) is 106 Å². The van der Waals surface area contributed by atoms with E-state index in [4.69, 9.17) is 29.9 Å². The predicted molar refractivity (Wildman–Crippen MR) is 224 cm³/mol. The molecule has 0 saturated carbocycles. The van der Waals surface area contributed by atoms with Crippen molar-refractivity contribution in [3.05, 3.63) is 183 Å². The smallest absolute Gasteiger partial charge is 0.160 e. The number of aromatic nitrogens is 8. The van der Waals surface area contributed by atoms with E-state index in [1.165, 1.54) is 0 Å². The predicted octanol–water partition coefficient (Wildman–Crippen LogP) is 10.9. The largest absolute Gasteiger partial charge is 0.292 e. The van der Waals surface area contributed by atoms with Crippen molar-refractivity contribution in [3.63, 3.8) is 0 Å². The summed E-state index contributed by atoms with van der Waals surface area (Å²) in [5, 5.41) is 3.92. The summed E-state index contributed by atoms with van der Waals surface area (Å²) in [5.41, 5.74) is 9.72. The molecule has 11 aromatic rings. The lowest BCUT2D eigenvalue weighted by Gasteiger charge is -2.19. The van der Waals surface area contributed by atoms with Crippen molar-refractivity contribution < 1.29 is 0 Å². The van der Waals surface area contributed by atoms with E-state index in [0.717, 1.165) is 88.9 Å². The molecule has 4 aromatic heterocycles. The van der Waals surface area contributed by atoms with E-state index in [1.807, 2.05) is 60.7 Å². The zero-order valence-corrected chi connectivity index (χ0v) is 29.9. The van der Waals surface area contributed by atoms with Crippen molar-refractivity contribution in [2.75, 3.05) is 0 Å². The van der Waals surface area contributed by atoms with E-state index in [0.29, 0.717) is 11.6 Å². The highest BCUT2D eigenvalue weighted by Gasteiger charge is 2.23. The number of para-hydroxylation sites is 4. The third-order valence-electron chi connectivity index (χ3n) is 10.4. The van der Waals surface area contributed by atoms with Gasteiger partial charge in [-0.2, -0.15) is 0 Å². The second kappa shape index (κ2) is 12.9. The molecule has 7 aromatic carbocycles. The first-order valence-corrected chi connectivity index (χ1v) is 18.4. The summed E-state index contributed by atoms with van der Waals surface area (Å²) in [6.45, 7) is 0. The van der Waals surface area contributed by atoms with E-state index < -0.39 is 0 Å². The number of imidazole rings is 2. The fourth-order valence-corrected chi connectivity index (χ4v) is 7.96. The first-order chi connectivity index (χ1) is 27.8. The van der Waals surface area contributed by atoms with Crippen LogP contribution in [-0.2, 0) is 0 Å². The quantitative estimate of drug-likeness (QED) is 0.159. The summed E-state index contributed by atoms with van der Waals surface area (Å²) in [4.78, 5) is 29.7. The van der Waals surface area contributed by atoms with Crippen LogP contribution < -0.4 is 0 Å². The maximum atomic E-state index is 5.13. The molecule has 262 valence electrons. The minimum absolute atomic E-state index is 0.629. The molecule has 56 heavy (non-hydrogen) atoms. The number of hydrogen-bond acceptors (Lipinski definition) is 6. The molecule has 0 aliphatic carbocycles. The second-order valence-corrected chi connectivity index (χ2v) is 13.6. The highest BCUT2D eigenvalue weighted by atomic mass is 15.1. The minimum atomic E-state index is 0.629. The highest BCUT2D eigenvalue weighted by Crippen LogP contribution is 2.44. The van der Waals surface area contributed by atoms with Gasteiger partial charge in [-0.05, 0) is 82.2 Å². The fraction of sp³-hybridized carbons (Fsp3) is 0. The lowest BCUT2D eigenvalue weighted by Crippen LogP contribution is -2.01. The van der Waals surface area contributed by atoms with Crippen LogP contribution in [0.1, 0.15) is 0 Å². The van der Waals surface area contributed by atoms with E-state index in [-0.39, 0.29) is 0 Å². The Balaban J connectivity index is 1.25. The van der Waals surface area contributed by atoms with Gasteiger partial charge in [0.15, 0.2) is 11.6 Å². The number of nitrogens with zero attached hydrogens (tertiary/aromatic N) is 8. The molecule has 8 nitrogen and oxygen atoms in total. The maximum absolute atomic E-state index is 5.13. The third-order valence-corrected chi connectivity index (χ3v) is 10.4. The summed E-state index contributed by atoms with van der Waals surface area (Å²) in [7, 11) is 0. The first-order valence-electron chi connectivity index (χ1n) is 18.4. The normalized spacial score (nSPS) is 11.6. The molecule has 0 unspecified atom stereocenters. The zero-order valence-electron chi connectivity index (χ0n) is 29.9. The van der Waals surface area contributed by atoms with Crippen LogP contribution in [-0.4, -0.2) is 39.0 Å². The van der Waals surface area contributed by atoms with Crippen LogP contribution in [0.4, 0.5) is 0 Å². The van der Waals surface area contributed by atoms with E-state index in [9.17, 15) is 0 Å². The summed E-state index contributed by atoms with van der Waals surface area (Å²) in [5.74, 6) is 2.99. The van der Waals surface area contributed by atoms with Crippen LogP contribution in [0.3, 0.4) is 0 Å². The molecular weight excluding hydrogens is 689 g/mol. The van der Waals surface area contributed by atoms with Gasteiger partial charge in [-0.25, -0.2) is 29.9 Å². The van der Waals surface area contributed by atoms with E-state index >= 15 is 0 Å². The fourth-order valence-electron chi connectivity index (χ4n) is 7.96. The minimum Gasteiger partial charge on any atom is -0.292 e. The van der Waals surface area contributed by atoms with Crippen molar-refractivity contribution in [2.24, 2.45) is 0 Å². The summed E-state index contributed by atoms with van der Waals surface area (Å²) in [6, 6.07) is 54.0. The van der Waals surface area contributed by atoms with Crippen LogP contribution in [0.25, 0.3) is 101 Å². The number of rotatable bonds is 6. The molecule has 0 spiro atoms. The Bertz CT molecular complexity index is 3010. The van der Waals surface area contributed by atoms with Gasteiger partial charge in [-0.15, -0.1) is 0 Å². The van der Waals surface area contributed by atoms with Crippen molar-refractivity contribution in [2.45, 2.75) is 0 Å². The van der Waals surface area contributed by atoms with Crippen LogP contribution in [0.15, 0.2) is 183 Å². The Kier molecular flexibility index (Phi) is 7.31. The summed E-state index contributed by atoms with van der Waals surface area (Å²) in [6.07, 6.45) is 7.19. The number of fused-ring (bicyclic) bond motifs is 4. The SMILES string of the molecule is c1ccc(-c2nc3ccccc3n2-c2ccc3c(-c4ncccn4)c4cc(-n5c(-c6ccccc6)nc6ccccc65)ccc4c(-c4ncccn4)c3c2)cc1. The maximum Gasteiger partial charge on any atom is 0.160 e. The molecule has 0 bridgehead atoms. The van der Waals surface area contributed by atoms with Gasteiger partial charge in [0.2, 0.25) is 0 Å². The molecule has 0 aliphatic rings. The zero-order chi connectivity index (χ0) is 37.0. The Morgan fingerprint density at radius 2 is 0.732 bits per heavy atom. The van der Waals surface area contributed by atoms with Gasteiger partial charge in [0.05, 0.1) is 22.1 Å². The van der Waals surface area contributed by atoms with Gasteiger partial charge >= 0.3 is 0 Å². The van der Waals surface area contributed by atoms with Gasteiger partial charge < -0.3 is 0 Å². The first kappa shape index (κ1) is 31.7. The summed E-state index contributed by atoms with van der Waals surface area (Å²) >= 11 is 0. The molecule has 0 saturated heterocycles. The van der Waals surface area contributed by atoms with Gasteiger partial charge in [-0.1, -0.05) is 97.1 Å². The Morgan fingerprint density at radius 1 is 0.339 bits per heavy atom. The van der Waals surface area contributed by atoms with Crippen LogP contribution >= 0.6 is 0 Å². The van der Waals surface area contributed by atoms with Crippen LogP contribution in [0.2, 0.25) is 0 Å². The van der Waals surface area contributed by atoms with Gasteiger partial charge in [0.25, 0.3) is 0 Å². The second-order valence-electron chi connectivity index (χ2n) is 13.6. The molecule has 0 atom stereocenters. The number of benzene rings is 7. The molecule has 4 heterocycles. The monoisotopic (exact) mass is 718 g/mol. The Morgan fingerprint density at radius 3 is 1.16 bits per heavy atom. The molecule has 0 fully saturated rings. The summed E-state index contributed by atoms with van der Waals surface area (Å²) < 4.78 is 4.47. The van der Waals surface area contributed by atoms with Crippen LogP contribution in [0.5, 0.6) is 0 Å². The van der Waals surface area contributed by atoms with Gasteiger partial charge in [0, 0.05) is 58.4 Å². The lowest BCUT2D eigenvalue weighted by atomic mass is 9.90. The topological polar surface area (TPSA) is 87.2 Å². The van der Waals surface area contributed by atoms with Crippen molar-refractivity contribution in [3.8, 4) is 56.9 Å². The van der Waals surface area contributed by atoms with E-state index in [1.54, 1.807) is 24.8 Å². The lowest BCUT2D eigenvalue weighted by molar-refractivity contribution is 1.10. The molecule has 0 amide bonds. The standard InChI is InChI=1S/C48H30N8/c1-3-13-31(14-4-1)47-53-39-17-7-9-19-41(39)55(47)33-21-23-35-37(29-33)43(45-49-25-11-26-50-45)36-24-22-34(30-38(36)44(35)46-51-27-12-28-52-46)56-42-20-10-8-18-40(42)54-48(56)32-15-5-2-6-16-32/h1-30H. The molecule has 8 heteroatoms. The third kappa shape index (κ3) is 5.08.